The molecule has 6 rings (SSSR count). The van der Waals surface area contributed by atoms with Gasteiger partial charge in [-0.1, -0.05) is 146 Å². The normalized spacial score (nSPS) is 11.7. The number of hydrogen-bond donors (Lipinski definition) is 0. The van der Waals surface area contributed by atoms with Gasteiger partial charge in [0.05, 0.1) is 0 Å². The van der Waals surface area contributed by atoms with Gasteiger partial charge in [0, 0.05) is 34.1 Å². The molecular weight excluding hydrogens is 593 g/mol. The molecule has 6 aromatic carbocycles. The first-order valence-corrected chi connectivity index (χ1v) is 16.6. The van der Waals surface area contributed by atoms with Crippen molar-refractivity contribution in [1.82, 2.24) is 0 Å². The predicted octanol–water partition coefficient (Wildman–Crippen LogP) is 13.4. The largest absolute Gasteiger partial charge is 0.311 e. The first-order chi connectivity index (χ1) is 24.2. The minimum absolute atomic E-state index is 0.929. The summed E-state index contributed by atoms with van der Waals surface area (Å²) in [5, 5.41) is 0. The van der Waals surface area contributed by atoms with Crippen LogP contribution in [-0.4, -0.2) is 0 Å². The van der Waals surface area contributed by atoms with E-state index in [1.807, 2.05) is 24.3 Å². The molecule has 0 heterocycles. The second-order valence-electron chi connectivity index (χ2n) is 11.6. The molecule has 0 amide bonds. The van der Waals surface area contributed by atoms with Gasteiger partial charge in [0.25, 0.3) is 0 Å². The fourth-order valence-corrected chi connectivity index (χ4v) is 5.57. The van der Waals surface area contributed by atoms with Crippen molar-refractivity contribution in [3.63, 3.8) is 0 Å². The lowest BCUT2D eigenvalue weighted by Crippen LogP contribution is -2.09. The Morgan fingerprint density at radius 1 is 0.388 bits per heavy atom. The van der Waals surface area contributed by atoms with Crippen molar-refractivity contribution < 1.29 is 0 Å². The SMILES string of the molecule is C=C(C=Cc1ccc(N(c2ccccc2)c2ccccc2)cc1)/C=C\C(C=Cc1ccc(N(c2ccccc2)c2ccccc2)cc1)=C/C. The van der Waals surface area contributed by atoms with Gasteiger partial charge in [-0.2, -0.15) is 0 Å². The zero-order valence-corrected chi connectivity index (χ0v) is 27.8. The number of hydrogen-bond acceptors (Lipinski definition) is 2. The summed E-state index contributed by atoms with van der Waals surface area (Å²) in [5.74, 6) is 0. The summed E-state index contributed by atoms with van der Waals surface area (Å²) in [4.78, 5) is 4.53. The van der Waals surface area contributed by atoms with E-state index in [-0.39, 0.29) is 0 Å². The summed E-state index contributed by atoms with van der Waals surface area (Å²) < 4.78 is 0. The Balaban J connectivity index is 1.09. The van der Waals surface area contributed by atoms with Crippen LogP contribution < -0.4 is 9.80 Å². The average molecular weight is 633 g/mol. The van der Waals surface area contributed by atoms with Gasteiger partial charge >= 0.3 is 0 Å². The minimum atomic E-state index is 0.929. The molecule has 0 bridgehead atoms. The van der Waals surface area contributed by atoms with Crippen LogP contribution in [0.25, 0.3) is 12.2 Å². The van der Waals surface area contributed by atoms with Crippen molar-refractivity contribution in [3.05, 3.63) is 229 Å². The topological polar surface area (TPSA) is 6.48 Å². The maximum Gasteiger partial charge on any atom is 0.0462 e. The van der Waals surface area contributed by atoms with Gasteiger partial charge in [-0.25, -0.2) is 0 Å². The number of anilines is 6. The highest BCUT2D eigenvalue weighted by Gasteiger charge is 2.12. The molecule has 0 aliphatic heterocycles. The quantitative estimate of drug-likeness (QED) is 0.124. The van der Waals surface area contributed by atoms with Crippen molar-refractivity contribution >= 4 is 46.3 Å². The molecule has 0 saturated heterocycles. The van der Waals surface area contributed by atoms with Gasteiger partial charge in [0.15, 0.2) is 0 Å². The third-order valence-corrected chi connectivity index (χ3v) is 8.14. The average Bonchev–Trinajstić information content (AvgIpc) is 3.17. The first-order valence-electron chi connectivity index (χ1n) is 16.6. The zero-order valence-electron chi connectivity index (χ0n) is 27.8. The van der Waals surface area contributed by atoms with E-state index in [1.165, 1.54) is 0 Å². The van der Waals surface area contributed by atoms with Gasteiger partial charge in [-0.3, -0.25) is 0 Å². The molecule has 238 valence electrons. The maximum atomic E-state index is 4.26. The van der Waals surface area contributed by atoms with Gasteiger partial charge in [0.1, 0.15) is 0 Å². The van der Waals surface area contributed by atoms with E-state index in [0.717, 1.165) is 56.4 Å². The Labute approximate surface area is 291 Å². The summed E-state index contributed by atoms with van der Waals surface area (Å²) in [6.07, 6.45) is 14.7. The predicted molar refractivity (Wildman–Crippen MR) is 212 cm³/mol. The van der Waals surface area contributed by atoms with E-state index < -0.39 is 0 Å². The van der Waals surface area contributed by atoms with Crippen LogP contribution >= 0.6 is 0 Å². The summed E-state index contributed by atoms with van der Waals surface area (Å²) in [6, 6.07) is 59.1. The fourth-order valence-electron chi connectivity index (χ4n) is 5.57. The monoisotopic (exact) mass is 632 g/mol. The van der Waals surface area contributed by atoms with Crippen LogP contribution in [0.1, 0.15) is 18.1 Å². The lowest BCUT2D eigenvalue weighted by atomic mass is 10.1. The van der Waals surface area contributed by atoms with E-state index in [4.69, 9.17) is 0 Å². The van der Waals surface area contributed by atoms with Crippen LogP contribution in [0, 0.1) is 0 Å². The lowest BCUT2D eigenvalue weighted by molar-refractivity contribution is 1.28. The molecule has 0 N–H and O–H groups in total. The number of nitrogens with zero attached hydrogens (tertiary/aromatic N) is 2. The molecule has 0 unspecified atom stereocenters. The lowest BCUT2D eigenvalue weighted by Gasteiger charge is -2.25. The second-order valence-corrected chi connectivity index (χ2v) is 11.6. The van der Waals surface area contributed by atoms with Crippen molar-refractivity contribution in [2.45, 2.75) is 6.92 Å². The van der Waals surface area contributed by atoms with Crippen LogP contribution in [-0.2, 0) is 0 Å². The van der Waals surface area contributed by atoms with Gasteiger partial charge in [-0.05, 0) is 102 Å². The van der Waals surface area contributed by atoms with Crippen molar-refractivity contribution in [2.75, 3.05) is 9.80 Å². The molecule has 49 heavy (non-hydrogen) atoms. The summed E-state index contributed by atoms with van der Waals surface area (Å²) in [5.41, 5.74) is 11.0. The van der Waals surface area contributed by atoms with Crippen molar-refractivity contribution in [3.8, 4) is 0 Å². The van der Waals surface area contributed by atoms with Gasteiger partial charge < -0.3 is 9.80 Å². The smallest absolute Gasteiger partial charge is 0.0462 e. The van der Waals surface area contributed by atoms with Gasteiger partial charge in [0.2, 0.25) is 0 Å². The fraction of sp³-hybridized carbons (Fsp3) is 0.0213. The van der Waals surface area contributed by atoms with E-state index in [2.05, 4.69) is 211 Å². The molecule has 0 radical (unpaired) electrons. The summed E-state index contributed by atoms with van der Waals surface area (Å²) in [6.45, 7) is 6.31. The molecule has 0 aliphatic carbocycles. The zero-order chi connectivity index (χ0) is 33.7. The second kappa shape index (κ2) is 16.4. The standard InChI is InChI=1S/C47H40N2/c1-3-39(28-29-41-32-36-47(37-33-41)49(44-20-12-6-13-21-44)45-22-14-7-15-23-45)26-24-38(2)25-27-40-30-34-46(35-31-40)48(42-16-8-4-9-17-42)43-18-10-5-11-19-43/h3-37H,2H2,1H3/b26-24-,27-25?,29-28?,39-3+. The maximum absolute atomic E-state index is 4.26. The Kier molecular flexibility index (Phi) is 10.9. The number of allylic oxidation sites excluding steroid dienone is 7. The molecule has 0 fully saturated rings. The van der Waals surface area contributed by atoms with E-state index in [1.54, 1.807) is 0 Å². The van der Waals surface area contributed by atoms with Crippen molar-refractivity contribution in [1.29, 1.82) is 0 Å². The summed E-state index contributed by atoms with van der Waals surface area (Å²) in [7, 11) is 0. The van der Waals surface area contributed by atoms with Crippen LogP contribution in [0.15, 0.2) is 218 Å². The Bertz CT molecular complexity index is 1960. The third-order valence-electron chi connectivity index (χ3n) is 8.14. The first kappa shape index (κ1) is 32.6. The Morgan fingerprint density at radius 2 is 0.714 bits per heavy atom. The molecule has 2 nitrogen and oxygen atoms in total. The molecule has 0 saturated carbocycles. The Hall–Kier alpha value is -6.38. The molecule has 0 spiro atoms. The highest BCUT2D eigenvalue weighted by atomic mass is 15.1. The van der Waals surface area contributed by atoms with Crippen molar-refractivity contribution in [2.24, 2.45) is 0 Å². The number of para-hydroxylation sites is 4. The Morgan fingerprint density at radius 3 is 1.06 bits per heavy atom. The highest BCUT2D eigenvalue weighted by molar-refractivity contribution is 5.78. The van der Waals surface area contributed by atoms with Crippen LogP contribution in [0.3, 0.4) is 0 Å². The molecular formula is C47H40N2. The van der Waals surface area contributed by atoms with E-state index in [9.17, 15) is 0 Å². The molecule has 2 heteroatoms. The summed E-state index contributed by atoms with van der Waals surface area (Å²) >= 11 is 0. The number of rotatable bonds is 12. The molecule has 0 aliphatic rings. The van der Waals surface area contributed by atoms with Crippen LogP contribution in [0.2, 0.25) is 0 Å². The van der Waals surface area contributed by atoms with E-state index >= 15 is 0 Å². The molecule has 0 atom stereocenters. The molecule has 0 aromatic heterocycles. The van der Waals surface area contributed by atoms with E-state index in [0.29, 0.717) is 0 Å². The minimum Gasteiger partial charge on any atom is -0.311 e. The van der Waals surface area contributed by atoms with Gasteiger partial charge in [-0.15, -0.1) is 0 Å². The third kappa shape index (κ3) is 8.71. The van der Waals surface area contributed by atoms with Crippen LogP contribution in [0.5, 0.6) is 0 Å². The molecule has 6 aromatic rings. The number of benzene rings is 6. The van der Waals surface area contributed by atoms with Crippen LogP contribution in [0.4, 0.5) is 34.1 Å². The highest BCUT2D eigenvalue weighted by Crippen LogP contribution is 2.35.